The second-order valence-electron chi connectivity index (χ2n) is 11.3. The van der Waals surface area contributed by atoms with Crippen LogP contribution in [0, 0.1) is 0 Å². The minimum atomic E-state index is -4.14. The number of rotatable bonds is 22. The Balaban J connectivity index is 1.62. The number of carbonyl (C=O) groups is 1. The Morgan fingerprint density at radius 1 is 0.941 bits per heavy atom. The molecule has 1 aromatic heterocycles. The molecule has 1 unspecified atom stereocenters. The minimum Gasteiger partial charge on any atom is -0.497 e. The van der Waals surface area contributed by atoms with Gasteiger partial charge in [0.2, 0.25) is 5.75 Å². The van der Waals surface area contributed by atoms with E-state index in [1.807, 2.05) is 0 Å². The SMILES string of the molecule is CCC(C)(C)c1ccc(S(=O)(=O)Nc2ncnc(OCCOC(=O)OCCCCC(CON(O)O)ON(O)O)c2Oc2cccc(OC)c2)cc1. The van der Waals surface area contributed by atoms with Gasteiger partial charge in [0.1, 0.15) is 43.8 Å². The third-order valence-electron chi connectivity index (χ3n) is 7.39. The molecule has 0 fully saturated rings. The first-order chi connectivity index (χ1) is 24.2. The van der Waals surface area contributed by atoms with E-state index in [9.17, 15) is 13.2 Å². The van der Waals surface area contributed by atoms with Crippen molar-refractivity contribution in [2.24, 2.45) is 0 Å². The number of unbranched alkanes of at least 4 members (excludes halogenated alkanes) is 1. The molecular formula is C31H43N5O14S. The fourth-order valence-electron chi connectivity index (χ4n) is 4.27. The molecule has 2 aromatic carbocycles. The van der Waals surface area contributed by atoms with Gasteiger partial charge in [-0.15, -0.1) is 0 Å². The van der Waals surface area contributed by atoms with Crippen molar-refractivity contribution in [1.82, 2.24) is 20.7 Å². The third kappa shape index (κ3) is 13.7. The summed E-state index contributed by atoms with van der Waals surface area (Å²) in [6.45, 7) is 5.20. The summed E-state index contributed by atoms with van der Waals surface area (Å²) >= 11 is 0. The van der Waals surface area contributed by atoms with Gasteiger partial charge in [0.05, 0.1) is 29.4 Å². The molecule has 3 aromatic rings. The van der Waals surface area contributed by atoms with Gasteiger partial charge < -0.3 is 23.7 Å². The Hall–Kier alpha value is -4.38. The van der Waals surface area contributed by atoms with E-state index in [-0.39, 0.29) is 59.7 Å². The quantitative estimate of drug-likeness (QED) is 0.0524. The molecule has 0 radical (unpaired) electrons. The van der Waals surface area contributed by atoms with Crippen molar-refractivity contribution in [1.29, 1.82) is 0 Å². The molecule has 1 heterocycles. The van der Waals surface area contributed by atoms with Gasteiger partial charge in [0.15, 0.2) is 5.82 Å². The van der Waals surface area contributed by atoms with Crippen LogP contribution in [0.25, 0.3) is 0 Å². The van der Waals surface area contributed by atoms with Crippen molar-refractivity contribution in [3.63, 3.8) is 0 Å². The van der Waals surface area contributed by atoms with Crippen LogP contribution in [0.4, 0.5) is 10.6 Å². The summed E-state index contributed by atoms with van der Waals surface area (Å²) in [7, 11) is -2.66. The molecular weight excluding hydrogens is 698 g/mol. The predicted octanol–water partition coefficient (Wildman–Crippen LogP) is 4.86. The lowest BCUT2D eigenvalue weighted by atomic mass is 9.82. The zero-order valence-corrected chi connectivity index (χ0v) is 29.3. The number of hydrogen-bond acceptors (Lipinski definition) is 18. The highest BCUT2D eigenvalue weighted by Gasteiger charge is 2.24. The molecule has 0 saturated carbocycles. The van der Waals surface area contributed by atoms with Crippen molar-refractivity contribution in [2.45, 2.75) is 62.9 Å². The topological polar surface area (TPSA) is 241 Å². The molecule has 0 spiro atoms. The smallest absolute Gasteiger partial charge is 0.497 e. The van der Waals surface area contributed by atoms with Gasteiger partial charge >= 0.3 is 6.16 Å². The van der Waals surface area contributed by atoms with Gasteiger partial charge in [-0.25, -0.2) is 27.9 Å². The van der Waals surface area contributed by atoms with E-state index in [1.54, 1.807) is 36.4 Å². The van der Waals surface area contributed by atoms with E-state index < -0.39 is 39.7 Å². The zero-order valence-electron chi connectivity index (χ0n) is 28.5. The lowest BCUT2D eigenvalue weighted by Gasteiger charge is -2.23. The number of benzene rings is 2. The lowest BCUT2D eigenvalue weighted by Crippen LogP contribution is -2.31. The van der Waals surface area contributed by atoms with Crippen LogP contribution in [0.2, 0.25) is 0 Å². The first kappa shape index (κ1) is 41.0. The standard InChI is InChI=1S/C31H43N5O14S/c1-5-31(2,3)22-12-14-26(15-13-22)51(42,43)34-28-27(49-24-11-8-10-23(19-24)44-4)29(33-21-32-28)45-17-18-47-30(37)46-16-7-6-9-25(50-36(40)41)20-48-35(38)39/h8,10-15,19,21,25,38-41H,5-7,9,16-18,20H2,1-4H3,(H,32,33,34). The fraction of sp³-hybridized carbons (Fsp3) is 0.452. The molecule has 5 N–H and O–H groups in total. The molecule has 19 nitrogen and oxygen atoms in total. The van der Waals surface area contributed by atoms with Gasteiger partial charge in [-0.3, -0.25) is 25.6 Å². The first-order valence-electron chi connectivity index (χ1n) is 15.6. The lowest BCUT2D eigenvalue weighted by molar-refractivity contribution is -0.527. The summed E-state index contributed by atoms with van der Waals surface area (Å²) in [6.07, 6.45) is 0.814. The van der Waals surface area contributed by atoms with Crippen LogP contribution >= 0.6 is 0 Å². The molecule has 0 aliphatic heterocycles. The van der Waals surface area contributed by atoms with E-state index in [1.165, 1.54) is 19.2 Å². The number of aromatic nitrogens is 2. The van der Waals surface area contributed by atoms with E-state index in [4.69, 9.17) is 44.5 Å². The van der Waals surface area contributed by atoms with Crippen molar-refractivity contribution >= 4 is 22.0 Å². The largest absolute Gasteiger partial charge is 0.508 e. The Bertz CT molecular complexity index is 1630. The average molecular weight is 742 g/mol. The van der Waals surface area contributed by atoms with Crippen LogP contribution in [0.1, 0.15) is 52.0 Å². The predicted molar refractivity (Wildman–Crippen MR) is 174 cm³/mol. The maximum absolute atomic E-state index is 13.4. The normalized spacial score (nSPS) is 12.4. The number of hydrogen-bond donors (Lipinski definition) is 5. The zero-order chi connectivity index (χ0) is 37.4. The van der Waals surface area contributed by atoms with E-state index in [0.717, 1.165) is 18.3 Å². The fourth-order valence-corrected chi connectivity index (χ4v) is 5.28. The second-order valence-corrected chi connectivity index (χ2v) is 13.0. The molecule has 51 heavy (non-hydrogen) atoms. The molecule has 0 aliphatic carbocycles. The Labute approximate surface area is 294 Å². The molecule has 20 heteroatoms. The van der Waals surface area contributed by atoms with Gasteiger partial charge in [0, 0.05) is 6.07 Å². The van der Waals surface area contributed by atoms with Crippen LogP contribution in [0.15, 0.2) is 59.8 Å². The Kier molecular flexibility index (Phi) is 16.0. The van der Waals surface area contributed by atoms with Crippen LogP contribution in [-0.4, -0.2) is 95.8 Å². The van der Waals surface area contributed by atoms with Crippen molar-refractivity contribution in [3.05, 3.63) is 60.4 Å². The number of sulfonamides is 1. The average Bonchev–Trinajstić information content (AvgIpc) is 3.09. The Morgan fingerprint density at radius 2 is 1.65 bits per heavy atom. The molecule has 0 aliphatic rings. The molecule has 282 valence electrons. The van der Waals surface area contributed by atoms with Crippen molar-refractivity contribution in [2.75, 3.05) is 38.3 Å². The molecule has 1 atom stereocenters. The van der Waals surface area contributed by atoms with Gasteiger partial charge in [-0.05, 0) is 60.9 Å². The number of ether oxygens (including phenoxy) is 5. The second kappa shape index (κ2) is 19.9. The van der Waals surface area contributed by atoms with Gasteiger partial charge in [0.25, 0.3) is 15.9 Å². The van der Waals surface area contributed by atoms with Crippen LogP contribution in [-0.2, 0) is 34.6 Å². The van der Waals surface area contributed by atoms with Crippen molar-refractivity contribution < 1.29 is 67.4 Å². The molecule has 0 amide bonds. The Morgan fingerprint density at radius 3 is 2.31 bits per heavy atom. The van der Waals surface area contributed by atoms with Crippen molar-refractivity contribution in [3.8, 4) is 23.1 Å². The maximum atomic E-state index is 13.4. The first-order valence-corrected chi connectivity index (χ1v) is 17.1. The highest BCUT2D eigenvalue weighted by atomic mass is 32.2. The summed E-state index contributed by atoms with van der Waals surface area (Å²) in [5, 5.41) is 33.8. The molecule has 0 saturated heterocycles. The summed E-state index contributed by atoms with van der Waals surface area (Å²) in [5.41, 5.74) is 0.848. The third-order valence-corrected chi connectivity index (χ3v) is 8.75. The number of nitrogens with zero attached hydrogens (tertiary/aromatic N) is 4. The number of methoxy groups -OCH3 is 1. The monoisotopic (exact) mass is 741 g/mol. The van der Waals surface area contributed by atoms with Crippen LogP contribution in [0.3, 0.4) is 0 Å². The number of nitrogens with one attached hydrogen (secondary N) is 1. The highest BCUT2D eigenvalue weighted by molar-refractivity contribution is 7.92. The molecule has 0 bridgehead atoms. The minimum absolute atomic E-state index is 0.00217. The van der Waals surface area contributed by atoms with Crippen LogP contribution in [0.5, 0.6) is 23.1 Å². The maximum Gasteiger partial charge on any atom is 0.508 e. The summed E-state index contributed by atoms with van der Waals surface area (Å²) in [5.74, 6) is 0.207. The highest BCUT2D eigenvalue weighted by Crippen LogP contribution is 2.37. The van der Waals surface area contributed by atoms with E-state index >= 15 is 0 Å². The number of anilines is 1. The van der Waals surface area contributed by atoms with Gasteiger partial charge in [-0.2, -0.15) is 4.98 Å². The summed E-state index contributed by atoms with van der Waals surface area (Å²) in [6, 6.07) is 13.1. The van der Waals surface area contributed by atoms with E-state index in [0.29, 0.717) is 18.6 Å². The molecule has 3 rings (SSSR count). The van der Waals surface area contributed by atoms with Crippen LogP contribution < -0.4 is 18.9 Å². The summed E-state index contributed by atoms with van der Waals surface area (Å²) < 4.78 is 56.3. The summed E-state index contributed by atoms with van der Waals surface area (Å²) in [4.78, 5) is 29.3. The van der Waals surface area contributed by atoms with Gasteiger partial charge in [-0.1, -0.05) is 39.0 Å². The number of carbonyl (C=O) groups excluding carboxylic acids is 1. The van der Waals surface area contributed by atoms with E-state index in [2.05, 4.69) is 45.1 Å².